The molecule has 1 fully saturated rings. The molecule has 9 nitrogen and oxygen atoms in total. The molecule has 3 aromatic carbocycles. The first kappa shape index (κ1) is 32.8. The van der Waals surface area contributed by atoms with Crippen LogP contribution < -0.4 is 19.1 Å². The van der Waals surface area contributed by atoms with Crippen LogP contribution >= 0.6 is 0 Å². The van der Waals surface area contributed by atoms with Gasteiger partial charge in [0.25, 0.3) is 10.0 Å². The summed E-state index contributed by atoms with van der Waals surface area (Å²) in [7, 11) is -2.76. The molecule has 0 saturated heterocycles. The summed E-state index contributed by atoms with van der Waals surface area (Å²) in [5.41, 5.74) is 0.959. The number of sulfonamides is 1. The first-order chi connectivity index (χ1) is 21.1. The molecular weight excluding hydrogens is 585 g/mol. The van der Waals surface area contributed by atoms with E-state index >= 15 is 0 Å². The van der Waals surface area contributed by atoms with Gasteiger partial charge in [-0.2, -0.15) is 0 Å². The lowest BCUT2D eigenvalue weighted by Crippen LogP contribution is -2.53. The van der Waals surface area contributed by atoms with E-state index in [2.05, 4.69) is 5.32 Å². The van der Waals surface area contributed by atoms with Crippen molar-refractivity contribution >= 4 is 27.5 Å². The minimum absolute atomic E-state index is 0.0378. The fourth-order valence-electron chi connectivity index (χ4n) is 5.22. The van der Waals surface area contributed by atoms with E-state index < -0.39 is 34.3 Å². The number of halogens is 1. The summed E-state index contributed by atoms with van der Waals surface area (Å²) >= 11 is 0. The van der Waals surface area contributed by atoms with Gasteiger partial charge in [0.1, 0.15) is 29.9 Å². The van der Waals surface area contributed by atoms with Gasteiger partial charge < -0.3 is 19.7 Å². The van der Waals surface area contributed by atoms with Gasteiger partial charge in [-0.1, -0.05) is 31.4 Å². The molecule has 0 aromatic heterocycles. The molecule has 44 heavy (non-hydrogen) atoms. The Morgan fingerprint density at radius 1 is 0.932 bits per heavy atom. The summed E-state index contributed by atoms with van der Waals surface area (Å²) in [6.45, 7) is 3.38. The predicted octanol–water partition coefficient (Wildman–Crippen LogP) is 5.29. The van der Waals surface area contributed by atoms with Gasteiger partial charge in [-0.3, -0.25) is 13.9 Å². The van der Waals surface area contributed by atoms with Crippen LogP contribution in [0.1, 0.15) is 51.5 Å². The van der Waals surface area contributed by atoms with Gasteiger partial charge in [0.15, 0.2) is 0 Å². The maximum Gasteiger partial charge on any atom is 0.264 e. The van der Waals surface area contributed by atoms with Crippen LogP contribution in [0.3, 0.4) is 0 Å². The lowest BCUT2D eigenvalue weighted by Gasteiger charge is -2.33. The Morgan fingerprint density at radius 3 is 2.14 bits per heavy atom. The molecule has 236 valence electrons. The highest BCUT2D eigenvalue weighted by molar-refractivity contribution is 7.92. The summed E-state index contributed by atoms with van der Waals surface area (Å²) in [6, 6.07) is 17.0. The van der Waals surface area contributed by atoms with Crippen LogP contribution in [-0.4, -0.2) is 57.5 Å². The average Bonchev–Trinajstić information content (AvgIpc) is 3.03. The van der Waals surface area contributed by atoms with Crippen molar-refractivity contribution in [1.29, 1.82) is 0 Å². The van der Waals surface area contributed by atoms with Gasteiger partial charge >= 0.3 is 0 Å². The van der Waals surface area contributed by atoms with Gasteiger partial charge in [-0.05, 0) is 92.9 Å². The fourth-order valence-corrected chi connectivity index (χ4v) is 6.63. The average molecular weight is 626 g/mol. The number of ether oxygens (including phenoxy) is 2. The first-order valence-corrected chi connectivity index (χ1v) is 16.3. The largest absolute Gasteiger partial charge is 0.497 e. The molecular formula is C33H40FN3O6S. The van der Waals surface area contributed by atoms with Crippen molar-refractivity contribution in [2.75, 3.05) is 24.6 Å². The lowest BCUT2D eigenvalue weighted by atomic mass is 9.95. The van der Waals surface area contributed by atoms with Crippen molar-refractivity contribution in [3.63, 3.8) is 0 Å². The first-order valence-electron chi connectivity index (χ1n) is 14.9. The lowest BCUT2D eigenvalue weighted by molar-refractivity contribution is -0.139. The van der Waals surface area contributed by atoms with E-state index in [0.717, 1.165) is 66.2 Å². The molecule has 4 rings (SSSR count). The summed E-state index contributed by atoms with van der Waals surface area (Å²) < 4.78 is 53.3. The van der Waals surface area contributed by atoms with Crippen LogP contribution in [0.5, 0.6) is 11.5 Å². The third kappa shape index (κ3) is 8.28. The van der Waals surface area contributed by atoms with E-state index in [9.17, 15) is 22.4 Å². The van der Waals surface area contributed by atoms with E-state index in [1.54, 1.807) is 62.6 Å². The van der Waals surface area contributed by atoms with E-state index in [0.29, 0.717) is 18.1 Å². The Labute approximate surface area is 259 Å². The summed E-state index contributed by atoms with van der Waals surface area (Å²) in [5.74, 6) is -0.284. The second-order valence-electron chi connectivity index (χ2n) is 10.8. The fraction of sp³-hybridized carbons (Fsp3) is 0.394. The van der Waals surface area contributed by atoms with Crippen molar-refractivity contribution in [1.82, 2.24) is 10.2 Å². The zero-order valence-electron chi connectivity index (χ0n) is 25.4. The van der Waals surface area contributed by atoms with Crippen molar-refractivity contribution in [3.05, 3.63) is 84.2 Å². The second kappa shape index (κ2) is 15.1. The number of benzene rings is 3. The topological polar surface area (TPSA) is 105 Å². The Bertz CT molecular complexity index is 1490. The molecule has 0 unspecified atom stereocenters. The highest BCUT2D eigenvalue weighted by Crippen LogP contribution is 2.27. The van der Waals surface area contributed by atoms with Crippen LogP contribution in [0.15, 0.2) is 77.7 Å². The SMILES string of the molecule is CCOc1ccc(N(CC(=O)N(Cc2ccc(OC)cc2)[C@@H](C)C(=O)NC2CCCCC2)S(=O)(=O)c2ccc(F)cc2)cc1. The summed E-state index contributed by atoms with van der Waals surface area (Å²) in [4.78, 5) is 28.8. The van der Waals surface area contributed by atoms with Crippen molar-refractivity contribution in [2.24, 2.45) is 0 Å². The zero-order valence-corrected chi connectivity index (χ0v) is 26.2. The van der Waals surface area contributed by atoms with E-state index in [4.69, 9.17) is 9.47 Å². The molecule has 0 heterocycles. The molecule has 1 atom stereocenters. The van der Waals surface area contributed by atoms with Crippen LogP contribution in [-0.2, 0) is 26.2 Å². The zero-order chi connectivity index (χ0) is 31.7. The van der Waals surface area contributed by atoms with Gasteiger partial charge in [0.2, 0.25) is 11.8 Å². The Balaban J connectivity index is 1.67. The smallest absolute Gasteiger partial charge is 0.264 e. The number of methoxy groups -OCH3 is 1. The molecule has 2 amide bonds. The molecule has 0 radical (unpaired) electrons. The van der Waals surface area contributed by atoms with Gasteiger partial charge in [-0.15, -0.1) is 0 Å². The number of amides is 2. The second-order valence-corrected chi connectivity index (χ2v) is 12.6. The molecule has 3 aromatic rings. The number of hydrogen-bond donors (Lipinski definition) is 1. The molecule has 11 heteroatoms. The van der Waals surface area contributed by atoms with Crippen molar-refractivity contribution < 1.29 is 31.9 Å². The maximum atomic E-state index is 14.1. The number of anilines is 1. The molecule has 0 bridgehead atoms. The predicted molar refractivity (Wildman–Crippen MR) is 167 cm³/mol. The van der Waals surface area contributed by atoms with Gasteiger partial charge in [0.05, 0.1) is 24.3 Å². The Morgan fingerprint density at radius 2 is 1.55 bits per heavy atom. The van der Waals surface area contributed by atoms with E-state index in [1.807, 2.05) is 6.92 Å². The van der Waals surface area contributed by atoms with E-state index in [-0.39, 0.29) is 29.1 Å². The quantitative estimate of drug-likeness (QED) is 0.277. The maximum absolute atomic E-state index is 14.1. The van der Waals surface area contributed by atoms with Crippen LogP contribution in [0.25, 0.3) is 0 Å². The summed E-state index contributed by atoms with van der Waals surface area (Å²) in [5, 5.41) is 3.09. The van der Waals surface area contributed by atoms with Gasteiger partial charge in [-0.25, -0.2) is 12.8 Å². The monoisotopic (exact) mass is 625 g/mol. The Kier molecular flexibility index (Phi) is 11.2. The highest BCUT2D eigenvalue weighted by atomic mass is 32.2. The van der Waals surface area contributed by atoms with Crippen LogP contribution in [0, 0.1) is 5.82 Å². The van der Waals surface area contributed by atoms with Crippen LogP contribution in [0.2, 0.25) is 0 Å². The normalized spacial score (nSPS) is 14.4. The van der Waals surface area contributed by atoms with Crippen LogP contribution in [0.4, 0.5) is 10.1 Å². The number of nitrogens with one attached hydrogen (secondary N) is 1. The third-order valence-electron chi connectivity index (χ3n) is 7.75. The van der Waals surface area contributed by atoms with Crippen molar-refractivity contribution in [3.8, 4) is 11.5 Å². The molecule has 1 N–H and O–H groups in total. The molecule has 1 aliphatic carbocycles. The minimum Gasteiger partial charge on any atom is -0.497 e. The number of hydrogen-bond acceptors (Lipinski definition) is 6. The minimum atomic E-state index is -4.31. The standard InChI is InChI=1S/C33H40FN3O6S/c1-4-43-30-18-14-28(15-19-30)37(44(40,41)31-20-12-26(34)13-21-31)23-32(38)36(22-25-10-16-29(42-3)17-11-25)24(2)33(39)35-27-8-6-5-7-9-27/h10-21,24,27H,4-9,22-23H2,1-3H3,(H,35,39)/t24-/m0/s1. The third-order valence-corrected chi connectivity index (χ3v) is 9.54. The van der Waals surface area contributed by atoms with Crippen molar-refractivity contribution in [2.45, 2.75) is 69.5 Å². The number of rotatable bonds is 13. The Hall–Kier alpha value is -4.12. The number of carbonyl (C=O) groups is 2. The molecule has 0 aliphatic heterocycles. The number of carbonyl (C=O) groups excluding carboxylic acids is 2. The molecule has 0 spiro atoms. The number of nitrogens with zero attached hydrogens (tertiary/aromatic N) is 2. The summed E-state index contributed by atoms with van der Waals surface area (Å²) in [6.07, 6.45) is 4.96. The van der Waals surface area contributed by atoms with E-state index in [1.165, 1.54) is 4.90 Å². The molecule has 1 aliphatic rings. The highest BCUT2D eigenvalue weighted by Gasteiger charge is 2.33. The van der Waals surface area contributed by atoms with Gasteiger partial charge in [0, 0.05) is 12.6 Å². The molecule has 1 saturated carbocycles.